The van der Waals surface area contributed by atoms with Gasteiger partial charge in [-0.1, -0.05) is 19.9 Å². The van der Waals surface area contributed by atoms with Crippen molar-refractivity contribution in [3.8, 4) is 5.75 Å². The van der Waals surface area contributed by atoms with Crippen molar-refractivity contribution in [2.24, 2.45) is 0 Å². The standard InChI is InChI=1S/C12H18BrNO2/c1-12(2,7-14-8-15)9-4-5-11(16-3)10(13)6-9/h4-6,14-15H,7-8H2,1-3H3. The van der Waals surface area contributed by atoms with Crippen LogP contribution < -0.4 is 10.1 Å². The number of aliphatic hydroxyl groups is 1. The highest BCUT2D eigenvalue weighted by Crippen LogP contribution is 2.31. The number of rotatable bonds is 5. The van der Waals surface area contributed by atoms with Gasteiger partial charge in [-0.15, -0.1) is 0 Å². The van der Waals surface area contributed by atoms with Crippen LogP contribution in [0.5, 0.6) is 5.75 Å². The van der Waals surface area contributed by atoms with E-state index < -0.39 is 0 Å². The molecule has 4 heteroatoms. The van der Waals surface area contributed by atoms with Crippen LogP contribution in [0.1, 0.15) is 19.4 Å². The maximum Gasteiger partial charge on any atom is 0.133 e. The molecule has 0 amide bonds. The lowest BCUT2D eigenvalue weighted by atomic mass is 9.84. The number of benzene rings is 1. The Morgan fingerprint density at radius 2 is 2.12 bits per heavy atom. The largest absolute Gasteiger partial charge is 0.496 e. The maximum absolute atomic E-state index is 8.77. The molecule has 0 fully saturated rings. The second kappa shape index (κ2) is 5.66. The number of aliphatic hydroxyl groups excluding tert-OH is 1. The summed E-state index contributed by atoms with van der Waals surface area (Å²) in [5.41, 5.74) is 1.17. The molecule has 0 radical (unpaired) electrons. The molecule has 0 aliphatic carbocycles. The van der Waals surface area contributed by atoms with E-state index in [0.29, 0.717) is 0 Å². The molecule has 0 bridgehead atoms. The summed E-state index contributed by atoms with van der Waals surface area (Å²) in [4.78, 5) is 0. The summed E-state index contributed by atoms with van der Waals surface area (Å²) in [7, 11) is 1.65. The SMILES string of the molecule is COc1ccc(C(C)(C)CNCO)cc1Br. The number of methoxy groups -OCH3 is 1. The van der Waals surface area contributed by atoms with Gasteiger partial charge in [-0.2, -0.15) is 0 Å². The third-order valence-corrected chi connectivity index (χ3v) is 3.23. The molecular weight excluding hydrogens is 270 g/mol. The number of halogens is 1. The fraction of sp³-hybridized carbons (Fsp3) is 0.500. The lowest BCUT2D eigenvalue weighted by Gasteiger charge is -2.26. The average molecular weight is 288 g/mol. The van der Waals surface area contributed by atoms with Gasteiger partial charge in [-0.05, 0) is 33.6 Å². The molecule has 90 valence electrons. The first kappa shape index (κ1) is 13.5. The van der Waals surface area contributed by atoms with Crippen molar-refractivity contribution < 1.29 is 9.84 Å². The fourth-order valence-electron chi connectivity index (χ4n) is 1.56. The van der Waals surface area contributed by atoms with Crippen molar-refractivity contribution in [2.45, 2.75) is 19.3 Å². The zero-order chi connectivity index (χ0) is 12.2. The minimum Gasteiger partial charge on any atom is -0.496 e. The zero-order valence-electron chi connectivity index (χ0n) is 9.88. The summed E-state index contributed by atoms with van der Waals surface area (Å²) in [6.07, 6.45) is 0. The predicted octanol–water partition coefficient (Wildman–Crippen LogP) is 2.27. The van der Waals surface area contributed by atoms with Crippen LogP contribution in [0, 0.1) is 0 Å². The highest BCUT2D eigenvalue weighted by Gasteiger charge is 2.20. The van der Waals surface area contributed by atoms with Gasteiger partial charge >= 0.3 is 0 Å². The number of nitrogens with one attached hydrogen (secondary N) is 1. The predicted molar refractivity (Wildman–Crippen MR) is 68.8 cm³/mol. The van der Waals surface area contributed by atoms with Gasteiger partial charge in [0.2, 0.25) is 0 Å². The highest BCUT2D eigenvalue weighted by atomic mass is 79.9. The summed E-state index contributed by atoms with van der Waals surface area (Å²) < 4.78 is 6.14. The van der Waals surface area contributed by atoms with Gasteiger partial charge in [0.1, 0.15) is 5.75 Å². The number of hydrogen-bond donors (Lipinski definition) is 2. The van der Waals surface area contributed by atoms with Crippen LogP contribution in [-0.2, 0) is 5.41 Å². The Kier molecular flexibility index (Phi) is 4.77. The van der Waals surface area contributed by atoms with E-state index in [1.54, 1.807) is 7.11 Å². The lowest BCUT2D eigenvalue weighted by molar-refractivity contribution is 0.247. The Hall–Kier alpha value is -0.580. The van der Waals surface area contributed by atoms with Gasteiger partial charge < -0.3 is 9.84 Å². The van der Waals surface area contributed by atoms with E-state index in [4.69, 9.17) is 9.84 Å². The van der Waals surface area contributed by atoms with Crippen molar-refractivity contribution in [1.29, 1.82) is 0 Å². The van der Waals surface area contributed by atoms with Crippen LogP contribution in [0.25, 0.3) is 0 Å². The van der Waals surface area contributed by atoms with Crippen molar-refractivity contribution >= 4 is 15.9 Å². The van der Waals surface area contributed by atoms with Crippen molar-refractivity contribution in [1.82, 2.24) is 5.32 Å². The van der Waals surface area contributed by atoms with Gasteiger partial charge in [-0.3, -0.25) is 5.32 Å². The smallest absolute Gasteiger partial charge is 0.133 e. The van der Waals surface area contributed by atoms with Crippen LogP contribution in [0.4, 0.5) is 0 Å². The molecule has 1 aromatic rings. The third-order valence-electron chi connectivity index (χ3n) is 2.61. The van der Waals surface area contributed by atoms with Gasteiger partial charge in [-0.25, -0.2) is 0 Å². The third kappa shape index (κ3) is 3.20. The summed E-state index contributed by atoms with van der Waals surface area (Å²) in [5, 5.41) is 11.7. The molecule has 16 heavy (non-hydrogen) atoms. The molecule has 0 atom stereocenters. The molecule has 0 saturated carbocycles. The van der Waals surface area contributed by atoms with Gasteiger partial charge in [0.05, 0.1) is 18.3 Å². The summed E-state index contributed by atoms with van der Waals surface area (Å²) in [6, 6.07) is 6.04. The van der Waals surface area contributed by atoms with E-state index in [2.05, 4.69) is 41.2 Å². The van der Waals surface area contributed by atoms with Crippen LogP contribution in [0.15, 0.2) is 22.7 Å². The van der Waals surface area contributed by atoms with Gasteiger partial charge in [0, 0.05) is 12.0 Å². The van der Waals surface area contributed by atoms with Gasteiger partial charge in [0.25, 0.3) is 0 Å². The van der Waals surface area contributed by atoms with Crippen LogP contribution in [-0.4, -0.2) is 25.5 Å². The van der Waals surface area contributed by atoms with E-state index in [1.807, 2.05) is 12.1 Å². The first-order valence-corrected chi connectivity index (χ1v) is 5.96. The van der Waals surface area contributed by atoms with E-state index in [-0.39, 0.29) is 12.1 Å². The number of hydrogen-bond acceptors (Lipinski definition) is 3. The molecular formula is C12H18BrNO2. The Bertz CT molecular complexity index is 353. The monoisotopic (exact) mass is 287 g/mol. The minimum absolute atomic E-state index is 0.000748. The quantitative estimate of drug-likeness (QED) is 0.817. The molecule has 1 aromatic carbocycles. The van der Waals surface area contributed by atoms with E-state index in [0.717, 1.165) is 16.8 Å². The van der Waals surface area contributed by atoms with Crippen LogP contribution >= 0.6 is 15.9 Å². The molecule has 0 saturated heterocycles. The molecule has 2 N–H and O–H groups in total. The van der Waals surface area contributed by atoms with Crippen molar-refractivity contribution in [3.05, 3.63) is 28.2 Å². The molecule has 0 heterocycles. The van der Waals surface area contributed by atoms with Crippen molar-refractivity contribution in [3.63, 3.8) is 0 Å². The second-order valence-corrected chi connectivity index (χ2v) is 5.17. The van der Waals surface area contributed by atoms with E-state index in [9.17, 15) is 0 Å². The summed E-state index contributed by atoms with van der Waals surface area (Å²) in [5.74, 6) is 0.828. The topological polar surface area (TPSA) is 41.5 Å². The van der Waals surface area contributed by atoms with E-state index >= 15 is 0 Å². The fourth-order valence-corrected chi connectivity index (χ4v) is 2.10. The van der Waals surface area contributed by atoms with Crippen LogP contribution in [0.2, 0.25) is 0 Å². The lowest BCUT2D eigenvalue weighted by Crippen LogP contribution is -2.33. The molecule has 0 aliphatic heterocycles. The first-order chi connectivity index (χ1) is 7.51. The minimum atomic E-state index is -0.0302. The van der Waals surface area contributed by atoms with Gasteiger partial charge in [0.15, 0.2) is 0 Å². The first-order valence-electron chi connectivity index (χ1n) is 5.17. The number of ether oxygens (including phenoxy) is 1. The molecule has 0 aromatic heterocycles. The Balaban J connectivity index is 2.91. The summed E-state index contributed by atoms with van der Waals surface area (Å²) >= 11 is 3.47. The molecule has 1 rings (SSSR count). The Morgan fingerprint density at radius 1 is 1.44 bits per heavy atom. The highest BCUT2D eigenvalue weighted by molar-refractivity contribution is 9.10. The average Bonchev–Trinajstić information content (AvgIpc) is 2.26. The molecule has 0 spiro atoms. The Morgan fingerprint density at radius 3 is 2.62 bits per heavy atom. The zero-order valence-corrected chi connectivity index (χ0v) is 11.5. The summed E-state index contributed by atoms with van der Waals surface area (Å²) in [6.45, 7) is 4.98. The molecule has 3 nitrogen and oxygen atoms in total. The Labute approximate surface area is 105 Å². The molecule has 0 unspecified atom stereocenters. The maximum atomic E-state index is 8.77. The van der Waals surface area contributed by atoms with Crippen molar-refractivity contribution in [2.75, 3.05) is 20.4 Å². The second-order valence-electron chi connectivity index (χ2n) is 4.32. The normalized spacial score (nSPS) is 11.6. The molecule has 0 aliphatic rings. The van der Waals surface area contributed by atoms with Crippen LogP contribution in [0.3, 0.4) is 0 Å². The van der Waals surface area contributed by atoms with E-state index in [1.165, 1.54) is 5.56 Å².